The minimum atomic E-state index is -0.741. The summed E-state index contributed by atoms with van der Waals surface area (Å²) in [5, 5.41) is 18.7. The van der Waals surface area contributed by atoms with Crippen molar-refractivity contribution in [2.45, 2.75) is 104 Å². The molecule has 0 heterocycles. The van der Waals surface area contributed by atoms with Crippen LogP contribution in [0, 0.1) is 40.4 Å². The van der Waals surface area contributed by atoms with Crippen molar-refractivity contribution in [1.82, 2.24) is 0 Å². The van der Waals surface area contributed by atoms with E-state index in [0.717, 1.165) is 30.6 Å². The molecule has 2 aliphatic rings. The third kappa shape index (κ3) is 5.73. The number of carboxylic acids is 1. The quantitative estimate of drug-likeness (QED) is 0.472. The summed E-state index contributed by atoms with van der Waals surface area (Å²) in [7, 11) is 0. The van der Waals surface area contributed by atoms with E-state index in [1.165, 1.54) is 64.2 Å². The van der Waals surface area contributed by atoms with Crippen LogP contribution in [0.5, 0.6) is 0 Å². The molecule has 0 bridgehead atoms. The number of carboxylic acid groups (broad SMARTS) is 1. The van der Waals surface area contributed by atoms with E-state index >= 15 is 0 Å². The molecular weight excluding hydrogens is 322 g/mol. The first-order chi connectivity index (χ1) is 12.5. The lowest BCUT2D eigenvalue weighted by molar-refractivity contribution is -0.137. The standard InChI is InChI=1S/C23H39NO2/c1-3-4-5-6-19-8-10-20(11-9-19)21-13-15-23(17-24,16-14-21)18(2)7-12-22(25)26/h18-21H,3-16H2,1-2H3,(H,25,26)/t18-,19?,20?,21-,23-/m0/s1. The molecule has 0 saturated heterocycles. The van der Waals surface area contributed by atoms with Crippen LogP contribution in [-0.4, -0.2) is 11.1 Å². The number of nitriles is 1. The van der Waals surface area contributed by atoms with E-state index in [1.54, 1.807) is 0 Å². The zero-order valence-electron chi connectivity index (χ0n) is 17.0. The average Bonchev–Trinajstić information content (AvgIpc) is 2.67. The highest BCUT2D eigenvalue weighted by molar-refractivity contribution is 5.66. The molecule has 1 atom stereocenters. The van der Waals surface area contributed by atoms with Crippen molar-refractivity contribution >= 4 is 5.97 Å². The number of aliphatic carboxylic acids is 1. The molecule has 2 aliphatic carbocycles. The molecular formula is C23H39NO2. The van der Waals surface area contributed by atoms with Crippen LogP contribution in [0.25, 0.3) is 0 Å². The van der Waals surface area contributed by atoms with Gasteiger partial charge in [-0.2, -0.15) is 5.26 Å². The van der Waals surface area contributed by atoms with E-state index in [0.29, 0.717) is 6.42 Å². The molecule has 26 heavy (non-hydrogen) atoms. The fraction of sp³-hybridized carbons (Fsp3) is 0.913. The highest BCUT2D eigenvalue weighted by atomic mass is 16.4. The van der Waals surface area contributed by atoms with Gasteiger partial charge in [0.25, 0.3) is 0 Å². The van der Waals surface area contributed by atoms with Gasteiger partial charge in [0, 0.05) is 6.42 Å². The summed E-state index contributed by atoms with van der Waals surface area (Å²) in [5.41, 5.74) is -0.274. The van der Waals surface area contributed by atoms with Crippen molar-refractivity contribution in [1.29, 1.82) is 5.26 Å². The lowest BCUT2D eigenvalue weighted by Crippen LogP contribution is -2.35. The largest absolute Gasteiger partial charge is 0.481 e. The Balaban J connectivity index is 1.77. The van der Waals surface area contributed by atoms with Crippen LogP contribution in [0.2, 0.25) is 0 Å². The van der Waals surface area contributed by atoms with Gasteiger partial charge in [-0.1, -0.05) is 52.4 Å². The third-order valence-corrected chi connectivity index (χ3v) is 7.65. The van der Waals surface area contributed by atoms with Crippen molar-refractivity contribution in [2.24, 2.45) is 29.1 Å². The predicted molar refractivity (Wildman–Crippen MR) is 106 cm³/mol. The number of rotatable bonds is 9. The van der Waals surface area contributed by atoms with Gasteiger partial charge in [-0.15, -0.1) is 0 Å². The van der Waals surface area contributed by atoms with Crippen LogP contribution in [0.1, 0.15) is 104 Å². The van der Waals surface area contributed by atoms with Gasteiger partial charge >= 0.3 is 5.97 Å². The Labute approximate surface area is 160 Å². The second-order valence-corrected chi connectivity index (χ2v) is 9.22. The molecule has 2 saturated carbocycles. The SMILES string of the molecule is CCCCCC1CCC([C@H]2CC[C@](C#N)([C@@H](C)CCC(=O)O)CC2)CC1. The van der Waals surface area contributed by atoms with Gasteiger partial charge in [-0.05, 0) is 68.6 Å². The van der Waals surface area contributed by atoms with Gasteiger partial charge in [-0.3, -0.25) is 4.79 Å². The fourth-order valence-electron chi connectivity index (χ4n) is 5.59. The highest BCUT2D eigenvalue weighted by Crippen LogP contribution is 2.49. The zero-order valence-corrected chi connectivity index (χ0v) is 17.0. The number of nitrogens with zero attached hydrogens (tertiary/aromatic N) is 1. The van der Waals surface area contributed by atoms with Crippen LogP contribution in [0.3, 0.4) is 0 Å². The van der Waals surface area contributed by atoms with Gasteiger partial charge in [0.05, 0.1) is 11.5 Å². The average molecular weight is 362 g/mol. The lowest BCUT2D eigenvalue weighted by atomic mass is 9.60. The maximum Gasteiger partial charge on any atom is 0.303 e. The van der Waals surface area contributed by atoms with Crippen molar-refractivity contribution in [3.63, 3.8) is 0 Å². The minimum Gasteiger partial charge on any atom is -0.481 e. The Hall–Kier alpha value is -1.04. The molecule has 0 aliphatic heterocycles. The lowest BCUT2D eigenvalue weighted by Gasteiger charge is -2.43. The van der Waals surface area contributed by atoms with Gasteiger partial charge < -0.3 is 5.11 Å². The Bertz CT molecular complexity index is 465. The van der Waals surface area contributed by atoms with Gasteiger partial charge in [0.1, 0.15) is 0 Å². The van der Waals surface area contributed by atoms with Crippen LogP contribution in [0.15, 0.2) is 0 Å². The normalized spacial score (nSPS) is 33.3. The first kappa shape index (κ1) is 21.3. The van der Waals surface area contributed by atoms with Gasteiger partial charge in [0.15, 0.2) is 0 Å². The van der Waals surface area contributed by atoms with Crippen molar-refractivity contribution in [3.8, 4) is 6.07 Å². The predicted octanol–water partition coefficient (Wildman–Crippen LogP) is 6.57. The number of hydrogen-bond donors (Lipinski definition) is 1. The van der Waals surface area contributed by atoms with Crippen LogP contribution < -0.4 is 0 Å². The van der Waals surface area contributed by atoms with E-state index in [9.17, 15) is 10.1 Å². The van der Waals surface area contributed by atoms with E-state index in [2.05, 4.69) is 19.9 Å². The number of unbranched alkanes of at least 4 members (excludes halogenated alkanes) is 2. The molecule has 0 aromatic rings. The summed E-state index contributed by atoms with van der Waals surface area (Å²) in [6.07, 6.45) is 16.3. The molecule has 2 rings (SSSR count). The molecule has 148 valence electrons. The summed E-state index contributed by atoms with van der Waals surface area (Å²) in [6, 6.07) is 2.61. The maximum absolute atomic E-state index is 10.9. The van der Waals surface area contributed by atoms with E-state index in [1.807, 2.05) is 0 Å². The van der Waals surface area contributed by atoms with Crippen molar-refractivity contribution < 1.29 is 9.90 Å². The topological polar surface area (TPSA) is 61.1 Å². The molecule has 0 unspecified atom stereocenters. The first-order valence-electron chi connectivity index (χ1n) is 11.1. The van der Waals surface area contributed by atoms with Crippen LogP contribution >= 0.6 is 0 Å². The summed E-state index contributed by atoms with van der Waals surface area (Å²) >= 11 is 0. The van der Waals surface area contributed by atoms with Crippen molar-refractivity contribution in [2.75, 3.05) is 0 Å². The van der Waals surface area contributed by atoms with E-state index in [4.69, 9.17) is 5.11 Å². The molecule has 0 aromatic heterocycles. The molecule has 2 fully saturated rings. The summed E-state index contributed by atoms with van der Waals surface area (Å²) in [4.78, 5) is 10.9. The maximum atomic E-state index is 10.9. The summed E-state index contributed by atoms with van der Waals surface area (Å²) < 4.78 is 0. The highest BCUT2D eigenvalue weighted by Gasteiger charge is 2.42. The van der Waals surface area contributed by atoms with E-state index in [-0.39, 0.29) is 17.8 Å². The molecule has 3 heteroatoms. The summed E-state index contributed by atoms with van der Waals surface area (Å²) in [5.74, 6) is 2.10. The summed E-state index contributed by atoms with van der Waals surface area (Å²) in [6.45, 7) is 4.37. The molecule has 0 spiro atoms. The van der Waals surface area contributed by atoms with Gasteiger partial charge in [0.2, 0.25) is 0 Å². The first-order valence-corrected chi connectivity index (χ1v) is 11.1. The Kier molecular flexibility index (Phi) is 8.45. The van der Waals surface area contributed by atoms with Crippen LogP contribution in [-0.2, 0) is 4.79 Å². The van der Waals surface area contributed by atoms with E-state index < -0.39 is 5.97 Å². The van der Waals surface area contributed by atoms with Crippen LogP contribution in [0.4, 0.5) is 0 Å². The molecule has 0 radical (unpaired) electrons. The second kappa shape index (κ2) is 10.3. The molecule has 0 aromatic carbocycles. The number of carbonyl (C=O) groups is 1. The smallest absolute Gasteiger partial charge is 0.303 e. The zero-order chi connectivity index (χ0) is 19.0. The monoisotopic (exact) mass is 361 g/mol. The number of hydrogen-bond acceptors (Lipinski definition) is 2. The Morgan fingerprint density at radius 1 is 1.12 bits per heavy atom. The second-order valence-electron chi connectivity index (χ2n) is 9.22. The Morgan fingerprint density at radius 2 is 1.73 bits per heavy atom. The Morgan fingerprint density at radius 3 is 2.27 bits per heavy atom. The minimum absolute atomic E-state index is 0.191. The fourth-order valence-corrected chi connectivity index (χ4v) is 5.59. The van der Waals surface area contributed by atoms with Crippen molar-refractivity contribution in [3.05, 3.63) is 0 Å². The van der Waals surface area contributed by atoms with Gasteiger partial charge in [-0.25, -0.2) is 0 Å². The molecule has 3 nitrogen and oxygen atoms in total. The third-order valence-electron chi connectivity index (χ3n) is 7.65. The molecule has 1 N–H and O–H groups in total. The molecule has 0 amide bonds.